The first-order chi connectivity index (χ1) is 14.4. The number of hydrogen-bond acceptors (Lipinski definition) is 5. The number of aryl methyl sites for hydroxylation is 1. The molecule has 0 radical (unpaired) electrons. The molecule has 1 aliphatic rings. The van der Waals surface area contributed by atoms with Gasteiger partial charge in [-0.3, -0.25) is 14.5 Å². The normalized spacial score (nSPS) is 15.2. The maximum atomic E-state index is 12.9. The van der Waals surface area contributed by atoms with E-state index in [-0.39, 0.29) is 17.7 Å². The third-order valence-corrected chi connectivity index (χ3v) is 6.12. The van der Waals surface area contributed by atoms with E-state index in [9.17, 15) is 9.59 Å². The number of rotatable bonds is 8. The molecule has 30 heavy (non-hydrogen) atoms. The van der Waals surface area contributed by atoms with Crippen molar-refractivity contribution in [2.24, 2.45) is 0 Å². The molecule has 0 aliphatic carbocycles. The molecule has 0 saturated carbocycles. The van der Waals surface area contributed by atoms with Gasteiger partial charge in [-0.15, -0.1) is 0 Å². The van der Waals surface area contributed by atoms with E-state index in [2.05, 4.69) is 22.6 Å². The number of ether oxygens (including phenoxy) is 2. The van der Waals surface area contributed by atoms with Gasteiger partial charge in [0.1, 0.15) is 0 Å². The van der Waals surface area contributed by atoms with Gasteiger partial charge in [-0.05, 0) is 84.0 Å². The zero-order chi connectivity index (χ0) is 21.7. The fourth-order valence-electron chi connectivity index (χ4n) is 2.94. The van der Waals surface area contributed by atoms with Gasteiger partial charge in [0.25, 0.3) is 11.1 Å². The number of nitrogens with zero attached hydrogens (tertiary/aromatic N) is 1. The Morgan fingerprint density at radius 1 is 1.10 bits per heavy atom. The maximum absolute atomic E-state index is 12.9. The number of amides is 2. The Labute approximate surface area is 195 Å². The van der Waals surface area contributed by atoms with Crippen LogP contribution in [-0.2, 0) is 11.3 Å². The third-order valence-electron chi connectivity index (χ3n) is 4.41. The number of carbonyl (C=O) groups is 2. The van der Waals surface area contributed by atoms with Crippen molar-refractivity contribution in [1.82, 2.24) is 4.90 Å². The van der Waals surface area contributed by atoms with Crippen LogP contribution >= 0.6 is 34.4 Å². The van der Waals surface area contributed by atoms with Crippen molar-refractivity contribution in [2.45, 2.75) is 33.7 Å². The summed E-state index contributed by atoms with van der Waals surface area (Å²) in [5.41, 5.74) is 2.86. The van der Waals surface area contributed by atoms with Gasteiger partial charge >= 0.3 is 0 Å². The van der Waals surface area contributed by atoms with Gasteiger partial charge in [0.05, 0.1) is 28.2 Å². The Hall–Kier alpha value is -2.00. The lowest BCUT2D eigenvalue weighted by molar-refractivity contribution is -0.123. The van der Waals surface area contributed by atoms with Crippen LogP contribution in [0.25, 0.3) is 6.08 Å². The zero-order valence-electron chi connectivity index (χ0n) is 17.2. The average molecular weight is 537 g/mol. The van der Waals surface area contributed by atoms with Crippen LogP contribution in [0.5, 0.6) is 11.5 Å². The zero-order valence-corrected chi connectivity index (χ0v) is 20.2. The van der Waals surface area contributed by atoms with E-state index in [1.54, 1.807) is 6.08 Å². The summed E-state index contributed by atoms with van der Waals surface area (Å²) < 4.78 is 12.5. The lowest BCUT2D eigenvalue weighted by Crippen LogP contribution is -2.27. The van der Waals surface area contributed by atoms with Crippen LogP contribution in [0.1, 0.15) is 37.0 Å². The Balaban J connectivity index is 1.84. The van der Waals surface area contributed by atoms with Crippen LogP contribution in [0.4, 0.5) is 4.79 Å². The van der Waals surface area contributed by atoms with Crippen molar-refractivity contribution in [2.75, 3.05) is 13.2 Å². The molecule has 1 fully saturated rings. The van der Waals surface area contributed by atoms with Crippen molar-refractivity contribution in [1.29, 1.82) is 0 Å². The monoisotopic (exact) mass is 537 g/mol. The first-order valence-corrected chi connectivity index (χ1v) is 11.7. The second kappa shape index (κ2) is 10.3. The van der Waals surface area contributed by atoms with Crippen molar-refractivity contribution in [3.05, 3.63) is 61.6 Å². The van der Waals surface area contributed by atoms with Crippen molar-refractivity contribution in [3.8, 4) is 11.5 Å². The highest BCUT2D eigenvalue weighted by molar-refractivity contribution is 14.1. The molecule has 2 amide bonds. The standard InChI is InChI=1S/C23H24INO4S/c1-4-10-29-21-18(24)11-17(12-19(21)28-5-2)13-20-22(26)25(23(27)30-20)14-16-8-6-15(3)7-9-16/h6-9,11-13H,4-5,10,14H2,1-3H3/b20-13-. The minimum Gasteiger partial charge on any atom is -0.490 e. The van der Waals surface area contributed by atoms with Crippen LogP contribution in [0, 0.1) is 10.5 Å². The summed E-state index contributed by atoms with van der Waals surface area (Å²) in [6.45, 7) is 7.35. The largest absolute Gasteiger partial charge is 0.490 e. The van der Waals surface area contributed by atoms with Gasteiger partial charge in [-0.1, -0.05) is 36.8 Å². The molecule has 1 aliphatic heterocycles. The molecule has 0 unspecified atom stereocenters. The van der Waals surface area contributed by atoms with Crippen LogP contribution in [-0.4, -0.2) is 29.3 Å². The Morgan fingerprint density at radius 3 is 2.50 bits per heavy atom. The van der Waals surface area contributed by atoms with Crippen LogP contribution < -0.4 is 9.47 Å². The van der Waals surface area contributed by atoms with Crippen LogP contribution in [0.2, 0.25) is 0 Å². The molecule has 2 aromatic rings. The number of carbonyl (C=O) groups excluding carboxylic acids is 2. The second-order valence-electron chi connectivity index (χ2n) is 6.86. The first-order valence-electron chi connectivity index (χ1n) is 9.83. The second-order valence-corrected chi connectivity index (χ2v) is 9.02. The summed E-state index contributed by atoms with van der Waals surface area (Å²) in [7, 11) is 0. The minimum absolute atomic E-state index is 0.255. The van der Waals surface area contributed by atoms with Gasteiger partial charge in [-0.2, -0.15) is 0 Å². The third kappa shape index (κ3) is 5.37. The van der Waals surface area contributed by atoms with Gasteiger partial charge < -0.3 is 9.47 Å². The molecule has 3 rings (SSSR count). The van der Waals surface area contributed by atoms with E-state index in [1.807, 2.05) is 57.2 Å². The average Bonchev–Trinajstić information content (AvgIpc) is 2.96. The predicted octanol–water partition coefficient (Wildman–Crippen LogP) is 6.02. The van der Waals surface area contributed by atoms with Gasteiger partial charge in [0.2, 0.25) is 0 Å². The predicted molar refractivity (Wildman–Crippen MR) is 129 cm³/mol. The topological polar surface area (TPSA) is 55.8 Å². The van der Waals surface area contributed by atoms with E-state index >= 15 is 0 Å². The highest BCUT2D eigenvalue weighted by Crippen LogP contribution is 2.38. The fourth-order valence-corrected chi connectivity index (χ4v) is 4.56. The molecule has 5 nitrogen and oxygen atoms in total. The number of thioether (sulfide) groups is 1. The molecule has 0 bridgehead atoms. The summed E-state index contributed by atoms with van der Waals surface area (Å²) in [5, 5.41) is -0.255. The number of imide groups is 1. The molecule has 0 aromatic heterocycles. The SMILES string of the molecule is CCCOc1c(I)cc(/C=C2\SC(=O)N(Cc3ccc(C)cc3)C2=O)cc1OCC. The van der Waals surface area contributed by atoms with Crippen LogP contribution in [0.3, 0.4) is 0 Å². The molecule has 1 heterocycles. The fraction of sp³-hybridized carbons (Fsp3) is 0.304. The van der Waals surface area contributed by atoms with Gasteiger partial charge in [-0.25, -0.2) is 0 Å². The van der Waals surface area contributed by atoms with E-state index in [4.69, 9.17) is 9.47 Å². The lowest BCUT2D eigenvalue weighted by Gasteiger charge is -2.14. The van der Waals surface area contributed by atoms with E-state index in [0.29, 0.717) is 29.6 Å². The summed E-state index contributed by atoms with van der Waals surface area (Å²) in [4.78, 5) is 27.0. The molecule has 0 N–H and O–H groups in total. The van der Waals surface area contributed by atoms with E-state index in [0.717, 1.165) is 38.4 Å². The molecule has 158 valence electrons. The molecular weight excluding hydrogens is 513 g/mol. The molecular formula is C23H24INO4S. The van der Waals surface area contributed by atoms with E-state index in [1.165, 1.54) is 4.90 Å². The number of hydrogen-bond donors (Lipinski definition) is 0. The maximum Gasteiger partial charge on any atom is 0.293 e. The summed E-state index contributed by atoms with van der Waals surface area (Å²) in [6, 6.07) is 11.6. The molecule has 1 saturated heterocycles. The Morgan fingerprint density at radius 2 is 1.83 bits per heavy atom. The van der Waals surface area contributed by atoms with Crippen molar-refractivity contribution >= 4 is 51.6 Å². The highest BCUT2D eigenvalue weighted by atomic mass is 127. The Kier molecular flexibility index (Phi) is 7.82. The minimum atomic E-state index is -0.273. The van der Waals surface area contributed by atoms with Gasteiger partial charge in [0, 0.05) is 0 Å². The van der Waals surface area contributed by atoms with Crippen LogP contribution in [0.15, 0.2) is 41.3 Å². The van der Waals surface area contributed by atoms with Crippen molar-refractivity contribution < 1.29 is 19.1 Å². The molecule has 0 atom stereocenters. The Bertz CT molecular complexity index is 972. The molecule has 7 heteroatoms. The summed E-state index contributed by atoms with van der Waals surface area (Å²) >= 11 is 3.17. The highest BCUT2D eigenvalue weighted by Gasteiger charge is 2.35. The number of benzene rings is 2. The van der Waals surface area contributed by atoms with E-state index < -0.39 is 0 Å². The molecule has 0 spiro atoms. The van der Waals surface area contributed by atoms with Crippen molar-refractivity contribution in [3.63, 3.8) is 0 Å². The first kappa shape index (κ1) is 22.7. The number of halogens is 1. The summed E-state index contributed by atoms with van der Waals surface area (Å²) in [5.74, 6) is 1.08. The quantitative estimate of drug-likeness (QED) is 0.305. The summed E-state index contributed by atoms with van der Waals surface area (Å²) in [6.07, 6.45) is 2.64. The lowest BCUT2D eigenvalue weighted by atomic mass is 10.1. The van der Waals surface area contributed by atoms with Gasteiger partial charge in [0.15, 0.2) is 11.5 Å². The molecule has 2 aromatic carbocycles. The smallest absolute Gasteiger partial charge is 0.293 e.